The van der Waals surface area contributed by atoms with Crippen molar-refractivity contribution in [3.8, 4) is 0 Å². The Morgan fingerprint density at radius 3 is 2.52 bits per heavy atom. The number of benzene rings is 2. The Morgan fingerprint density at radius 1 is 1.22 bits per heavy atom. The van der Waals surface area contributed by atoms with Crippen LogP contribution in [0.15, 0.2) is 58.1 Å². The molecule has 0 aliphatic rings. The van der Waals surface area contributed by atoms with E-state index in [-0.39, 0.29) is 10.8 Å². The van der Waals surface area contributed by atoms with Crippen LogP contribution < -0.4 is 10.7 Å². The molecule has 0 aromatic heterocycles. The normalized spacial score (nSPS) is 11.0. The maximum absolute atomic E-state index is 11.0. The van der Waals surface area contributed by atoms with Crippen LogP contribution in [-0.4, -0.2) is 15.7 Å². The molecule has 2 aromatic rings. The zero-order chi connectivity index (χ0) is 16.8. The van der Waals surface area contributed by atoms with E-state index < -0.39 is 4.92 Å². The van der Waals surface area contributed by atoms with Crippen molar-refractivity contribution in [2.75, 3.05) is 5.32 Å². The molecule has 0 saturated carbocycles. The summed E-state index contributed by atoms with van der Waals surface area (Å²) < 4.78 is 0.982. The molecule has 0 aliphatic heterocycles. The first-order valence-electron chi connectivity index (χ1n) is 6.58. The molecular weight excluding hydrogens is 380 g/mol. The van der Waals surface area contributed by atoms with Gasteiger partial charge in [-0.2, -0.15) is 5.10 Å². The largest absolute Gasteiger partial charge is 0.326 e. The van der Waals surface area contributed by atoms with Gasteiger partial charge in [0.05, 0.1) is 10.6 Å². The molecule has 0 heterocycles. The van der Waals surface area contributed by atoms with Crippen LogP contribution in [0.5, 0.6) is 0 Å². The smallest absolute Gasteiger partial charge is 0.292 e. The molecular formula is C15H13BrN4O2S. The van der Waals surface area contributed by atoms with Gasteiger partial charge in [0, 0.05) is 10.5 Å². The standard InChI is InChI=1S/C15H13BrN4O2S/c1-10(11-6-8-12(16)9-7-11)18-19-15(23)17-13-4-2-3-5-14(13)20(21)22/h2-9H,1H3,(H2,17,19,23)/b18-10-. The molecule has 0 aliphatic carbocycles. The first-order valence-corrected chi connectivity index (χ1v) is 7.78. The lowest BCUT2D eigenvalue weighted by Gasteiger charge is -2.08. The summed E-state index contributed by atoms with van der Waals surface area (Å²) in [6.07, 6.45) is 0. The lowest BCUT2D eigenvalue weighted by molar-refractivity contribution is -0.383. The molecule has 0 bridgehead atoms. The number of halogens is 1. The summed E-state index contributed by atoms with van der Waals surface area (Å²) in [5.41, 5.74) is 4.62. The molecule has 0 unspecified atom stereocenters. The Bertz CT molecular complexity index is 762. The van der Waals surface area contributed by atoms with Crippen molar-refractivity contribution < 1.29 is 4.92 Å². The fourth-order valence-corrected chi connectivity index (χ4v) is 2.20. The van der Waals surface area contributed by atoms with Crippen molar-refractivity contribution in [1.29, 1.82) is 0 Å². The van der Waals surface area contributed by atoms with Gasteiger partial charge in [-0.1, -0.05) is 40.2 Å². The fourth-order valence-electron chi connectivity index (χ4n) is 1.78. The summed E-state index contributed by atoms with van der Waals surface area (Å²) in [7, 11) is 0. The number of nitrogens with zero attached hydrogens (tertiary/aromatic N) is 2. The fraction of sp³-hybridized carbons (Fsp3) is 0.0667. The predicted octanol–water partition coefficient (Wildman–Crippen LogP) is 4.07. The summed E-state index contributed by atoms with van der Waals surface area (Å²) >= 11 is 8.48. The first-order chi connectivity index (χ1) is 11.0. The minimum Gasteiger partial charge on any atom is -0.326 e. The molecule has 0 atom stereocenters. The number of thiocarbonyl (C=S) groups is 1. The van der Waals surface area contributed by atoms with Gasteiger partial charge in [0.15, 0.2) is 5.11 Å². The number of nitro benzene ring substituents is 1. The van der Waals surface area contributed by atoms with Crippen LogP contribution >= 0.6 is 28.1 Å². The van der Waals surface area contributed by atoms with Crippen molar-refractivity contribution in [1.82, 2.24) is 5.43 Å². The van der Waals surface area contributed by atoms with Crippen molar-refractivity contribution in [2.24, 2.45) is 5.10 Å². The number of nitro groups is 1. The number of hydrogen-bond donors (Lipinski definition) is 2. The summed E-state index contributed by atoms with van der Waals surface area (Å²) in [5.74, 6) is 0. The molecule has 0 fully saturated rings. The molecule has 23 heavy (non-hydrogen) atoms. The van der Waals surface area contributed by atoms with Crippen molar-refractivity contribution in [3.63, 3.8) is 0 Å². The second-order valence-electron chi connectivity index (χ2n) is 4.54. The molecule has 2 rings (SSSR count). The number of hydrogen-bond acceptors (Lipinski definition) is 4. The SMILES string of the molecule is C/C(=N/NC(=S)Nc1ccccc1[N+](=O)[O-])c1ccc(Br)cc1. The van der Waals surface area contributed by atoms with Crippen molar-refractivity contribution in [2.45, 2.75) is 6.92 Å². The maximum Gasteiger partial charge on any atom is 0.292 e. The highest BCUT2D eigenvalue weighted by Gasteiger charge is 2.12. The molecule has 0 spiro atoms. The summed E-state index contributed by atoms with van der Waals surface area (Å²) in [6, 6.07) is 13.9. The number of anilines is 1. The van der Waals surface area contributed by atoms with Gasteiger partial charge in [0.2, 0.25) is 0 Å². The lowest BCUT2D eigenvalue weighted by atomic mass is 10.1. The van der Waals surface area contributed by atoms with E-state index >= 15 is 0 Å². The monoisotopic (exact) mass is 392 g/mol. The van der Waals surface area contributed by atoms with E-state index in [4.69, 9.17) is 12.2 Å². The zero-order valence-electron chi connectivity index (χ0n) is 12.1. The van der Waals surface area contributed by atoms with Crippen LogP contribution in [0.4, 0.5) is 11.4 Å². The summed E-state index contributed by atoms with van der Waals surface area (Å²) in [6.45, 7) is 1.84. The van der Waals surface area contributed by atoms with Crippen LogP contribution in [0, 0.1) is 10.1 Å². The highest BCUT2D eigenvalue weighted by Crippen LogP contribution is 2.22. The minimum absolute atomic E-state index is 0.0507. The average molecular weight is 393 g/mol. The van der Waals surface area contributed by atoms with E-state index in [9.17, 15) is 10.1 Å². The van der Waals surface area contributed by atoms with Crippen molar-refractivity contribution in [3.05, 3.63) is 68.7 Å². The summed E-state index contributed by atoms with van der Waals surface area (Å²) in [4.78, 5) is 10.5. The van der Waals surface area contributed by atoms with Crippen LogP contribution in [0.2, 0.25) is 0 Å². The Morgan fingerprint density at radius 2 is 1.87 bits per heavy atom. The number of nitrogens with one attached hydrogen (secondary N) is 2. The number of hydrazone groups is 1. The van der Waals surface area contributed by atoms with Crippen LogP contribution in [0.1, 0.15) is 12.5 Å². The van der Waals surface area contributed by atoms with E-state index in [0.29, 0.717) is 5.69 Å². The third-order valence-corrected chi connectivity index (χ3v) is 3.66. The Hall–Kier alpha value is -2.32. The highest BCUT2D eigenvalue weighted by molar-refractivity contribution is 9.10. The van der Waals surface area contributed by atoms with Gasteiger partial charge in [-0.25, -0.2) is 0 Å². The molecule has 118 valence electrons. The molecule has 8 heteroatoms. The summed E-state index contributed by atoms with van der Waals surface area (Å²) in [5, 5.41) is 18.1. The third-order valence-electron chi connectivity index (χ3n) is 2.94. The van der Waals surface area contributed by atoms with Gasteiger partial charge >= 0.3 is 0 Å². The number of rotatable bonds is 4. The maximum atomic E-state index is 11.0. The van der Waals surface area contributed by atoms with E-state index in [1.807, 2.05) is 31.2 Å². The second kappa shape index (κ2) is 7.80. The predicted molar refractivity (Wildman–Crippen MR) is 98.8 cm³/mol. The Balaban J connectivity index is 2.04. The first kappa shape index (κ1) is 17.0. The van der Waals surface area contributed by atoms with Gasteiger partial charge in [-0.15, -0.1) is 0 Å². The van der Waals surface area contributed by atoms with Crippen LogP contribution in [0.3, 0.4) is 0 Å². The van der Waals surface area contributed by atoms with E-state index in [1.54, 1.807) is 18.2 Å². The zero-order valence-corrected chi connectivity index (χ0v) is 14.5. The molecule has 2 N–H and O–H groups in total. The van der Waals surface area contributed by atoms with Gasteiger partial charge in [-0.3, -0.25) is 15.5 Å². The highest BCUT2D eigenvalue weighted by atomic mass is 79.9. The molecule has 2 aromatic carbocycles. The second-order valence-corrected chi connectivity index (χ2v) is 5.87. The molecule has 0 amide bonds. The van der Waals surface area contributed by atoms with E-state index in [1.165, 1.54) is 6.07 Å². The molecule has 6 nitrogen and oxygen atoms in total. The number of para-hydroxylation sites is 2. The van der Waals surface area contributed by atoms with Gasteiger partial charge < -0.3 is 5.32 Å². The van der Waals surface area contributed by atoms with Crippen LogP contribution in [0.25, 0.3) is 0 Å². The average Bonchev–Trinajstić information content (AvgIpc) is 2.53. The minimum atomic E-state index is -0.471. The molecule has 0 radical (unpaired) electrons. The van der Waals surface area contributed by atoms with Gasteiger partial charge in [0.1, 0.15) is 5.69 Å². The van der Waals surface area contributed by atoms with Gasteiger partial charge in [0.25, 0.3) is 5.69 Å². The van der Waals surface area contributed by atoms with E-state index in [0.717, 1.165) is 15.7 Å². The van der Waals surface area contributed by atoms with Crippen LogP contribution in [-0.2, 0) is 0 Å². The third kappa shape index (κ3) is 4.83. The topological polar surface area (TPSA) is 79.6 Å². The molecule has 0 saturated heterocycles. The quantitative estimate of drug-likeness (QED) is 0.354. The van der Waals surface area contributed by atoms with Crippen molar-refractivity contribution >= 4 is 50.3 Å². The lowest BCUT2D eigenvalue weighted by Crippen LogP contribution is -2.25. The van der Waals surface area contributed by atoms with Gasteiger partial charge in [-0.05, 0) is 42.9 Å². The Kier molecular flexibility index (Phi) is 5.78. The van der Waals surface area contributed by atoms with E-state index in [2.05, 4.69) is 31.8 Å². The Labute approximate surface area is 146 Å².